The van der Waals surface area contributed by atoms with Gasteiger partial charge in [-0.05, 0) is 36.6 Å². The Morgan fingerprint density at radius 3 is 2.61 bits per heavy atom. The highest BCUT2D eigenvalue weighted by molar-refractivity contribution is 14.0. The first kappa shape index (κ1) is 24.3. The molecule has 0 aromatic heterocycles. The smallest absolute Gasteiger partial charge is 0.191 e. The van der Waals surface area contributed by atoms with Gasteiger partial charge in [-0.15, -0.1) is 24.0 Å². The zero-order valence-electron chi connectivity index (χ0n) is 16.3. The Morgan fingerprint density at radius 1 is 1.18 bits per heavy atom. The fourth-order valence-corrected chi connectivity index (χ4v) is 2.62. The predicted octanol–water partition coefficient (Wildman–Crippen LogP) is 3.77. The summed E-state index contributed by atoms with van der Waals surface area (Å²) in [7, 11) is 1.70. The summed E-state index contributed by atoms with van der Waals surface area (Å²) in [6.45, 7) is 3.61. The number of halogens is 2. The van der Waals surface area contributed by atoms with Gasteiger partial charge in [-0.3, -0.25) is 4.99 Å². The van der Waals surface area contributed by atoms with Crippen LogP contribution in [-0.4, -0.2) is 31.3 Å². The molecule has 2 rings (SSSR count). The average molecular weight is 501 g/mol. The van der Waals surface area contributed by atoms with Crippen molar-refractivity contribution in [2.45, 2.75) is 32.6 Å². The van der Waals surface area contributed by atoms with E-state index in [2.05, 4.69) is 27.8 Å². The van der Waals surface area contributed by atoms with Gasteiger partial charge < -0.3 is 20.5 Å². The normalized spacial score (nSPS) is 12.2. The van der Waals surface area contributed by atoms with Crippen LogP contribution in [0.3, 0.4) is 0 Å². The molecule has 0 saturated heterocycles. The molecule has 28 heavy (non-hydrogen) atoms. The van der Waals surface area contributed by atoms with Crippen molar-refractivity contribution in [1.82, 2.24) is 10.6 Å². The maximum Gasteiger partial charge on any atom is 0.191 e. The van der Waals surface area contributed by atoms with Gasteiger partial charge >= 0.3 is 0 Å². The topological polar surface area (TPSA) is 65.9 Å². The lowest BCUT2D eigenvalue weighted by Crippen LogP contribution is -2.37. The predicted molar refractivity (Wildman–Crippen MR) is 121 cm³/mol. The van der Waals surface area contributed by atoms with Crippen LogP contribution in [0.25, 0.3) is 0 Å². The standard InChI is InChI=1S/C21H28FN3O2.HI/c1-16(18-7-4-3-5-8-18)27-12-6-11-24-21(23-2)25-14-17-9-10-20(22)19(13-17)15-26;/h3-5,7-10,13,16,26H,6,11-12,14-15H2,1-2H3,(H2,23,24,25);1H. The number of ether oxygens (including phenoxy) is 1. The van der Waals surface area contributed by atoms with Crippen molar-refractivity contribution in [3.8, 4) is 0 Å². The highest BCUT2D eigenvalue weighted by Crippen LogP contribution is 2.15. The summed E-state index contributed by atoms with van der Waals surface area (Å²) in [5.41, 5.74) is 2.34. The average Bonchev–Trinajstić information content (AvgIpc) is 2.71. The maximum absolute atomic E-state index is 13.4. The number of aliphatic hydroxyl groups excluding tert-OH is 1. The number of aliphatic imine (C=N–C) groups is 1. The molecular weight excluding hydrogens is 472 g/mol. The number of nitrogens with zero attached hydrogens (tertiary/aromatic N) is 1. The molecule has 0 bridgehead atoms. The number of aliphatic hydroxyl groups is 1. The minimum atomic E-state index is -0.395. The molecule has 0 radical (unpaired) electrons. The van der Waals surface area contributed by atoms with Crippen LogP contribution < -0.4 is 10.6 Å². The summed E-state index contributed by atoms with van der Waals surface area (Å²) in [6.07, 6.45) is 0.922. The molecular formula is C21H29FIN3O2. The molecule has 154 valence electrons. The van der Waals surface area contributed by atoms with Crippen molar-refractivity contribution < 1.29 is 14.2 Å². The van der Waals surface area contributed by atoms with Gasteiger partial charge in [0.25, 0.3) is 0 Å². The van der Waals surface area contributed by atoms with Crippen molar-refractivity contribution in [3.05, 3.63) is 71.0 Å². The van der Waals surface area contributed by atoms with Crippen LogP contribution >= 0.6 is 24.0 Å². The van der Waals surface area contributed by atoms with Gasteiger partial charge in [-0.25, -0.2) is 4.39 Å². The van der Waals surface area contributed by atoms with E-state index in [-0.39, 0.29) is 36.7 Å². The molecule has 2 aromatic rings. The Bertz CT molecular complexity index is 729. The van der Waals surface area contributed by atoms with E-state index in [1.54, 1.807) is 19.2 Å². The van der Waals surface area contributed by atoms with E-state index in [0.29, 0.717) is 24.7 Å². The second-order valence-electron chi connectivity index (χ2n) is 6.21. The monoisotopic (exact) mass is 501 g/mol. The summed E-state index contributed by atoms with van der Waals surface area (Å²) < 4.78 is 19.3. The minimum absolute atomic E-state index is 0. The molecule has 0 fully saturated rings. The van der Waals surface area contributed by atoms with Crippen molar-refractivity contribution in [3.63, 3.8) is 0 Å². The van der Waals surface area contributed by atoms with Crippen LogP contribution in [-0.2, 0) is 17.9 Å². The van der Waals surface area contributed by atoms with Gasteiger partial charge in [-0.1, -0.05) is 36.4 Å². The second-order valence-corrected chi connectivity index (χ2v) is 6.21. The van der Waals surface area contributed by atoms with Crippen LogP contribution in [0, 0.1) is 5.82 Å². The summed E-state index contributed by atoms with van der Waals surface area (Å²) in [6, 6.07) is 14.8. The molecule has 5 nitrogen and oxygen atoms in total. The van der Waals surface area contributed by atoms with Gasteiger partial charge in [0.15, 0.2) is 5.96 Å². The number of benzene rings is 2. The molecule has 1 unspecified atom stereocenters. The van der Waals surface area contributed by atoms with E-state index in [0.717, 1.165) is 18.5 Å². The van der Waals surface area contributed by atoms with Crippen molar-refractivity contribution in [1.29, 1.82) is 0 Å². The molecule has 0 spiro atoms. The number of rotatable bonds is 9. The Labute approximate surface area is 183 Å². The number of guanidine groups is 1. The summed E-state index contributed by atoms with van der Waals surface area (Å²) in [4.78, 5) is 4.17. The lowest BCUT2D eigenvalue weighted by Gasteiger charge is -2.15. The Balaban J connectivity index is 0.00000392. The third kappa shape index (κ3) is 8.12. The second kappa shape index (κ2) is 13.5. The summed E-state index contributed by atoms with van der Waals surface area (Å²) in [5, 5.41) is 15.5. The zero-order chi connectivity index (χ0) is 19.5. The van der Waals surface area contributed by atoms with Gasteiger partial charge in [-0.2, -0.15) is 0 Å². The van der Waals surface area contributed by atoms with Crippen molar-refractivity contribution in [2.24, 2.45) is 4.99 Å². The van der Waals surface area contributed by atoms with Crippen LogP contribution in [0.4, 0.5) is 4.39 Å². The molecule has 0 heterocycles. The lowest BCUT2D eigenvalue weighted by molar-refractivity contribution is 0.0646. The minimum Gasteiger partial charge on any atom is -0.392 e. The Kier molecular flexibility index (Phi) is 11.7. The summed E-state index contributed by atoms with van der Waals surface area (Å²) >= 11 is 0. The van der Waals surface area contributed by atoms with E-state index >= 15 is 0 Å². The molecule has 0 amide bonds. The fraction of sp³-hybridized carbons (Fsp3) is 0.381. The van der Waals surface area contributed by atoms with E-state index < -0.39 is 5.82 Å². The molecule has 0 aliphatic rings. The molecule has 2 aromatic carbocycles. The first-order valence-corrected chi connectivity index (χ1v) is 9.13. The summed E-state index contributed by atoms with van der Waals surface area (Å²) in [5.74, 6) is 0.273. The van der Waals surface area contributed by atoms with Crippen LogP contribution in [0.2, 0.25) is 0 Å². The van der Waals surface area contributed by atoms with E-state index in [4.69, 9.17) is 9.84 Å². The Morgan fingerprint density at radius 2 is 1.93 bits per heavy atom. The van der Waals surface area contributed by atoms with Crippen molar-refractivity contribution >= 4 is 29.9 Å². The number of hydrogen-bond acceptors (Lipinski definition) is 3. The first-order chi connectivity index (χ1) is 13.1. The molecule has 7 heteroatoms. The van der Waals surface area contributed by atoms with E-state index in [1.165, 1.54) is 11.6 Å². The van der Waals surface area contributed by atoms with E-state index in [9.17, 15) is 4.39 Å². The zero-order valence-corrected chi connectivity index (χ0v) is 18.7. The lowest BCUT2D eigenvalue weighted by atomic mass is 10.1. The van der Waals surface area contributed by atoms with Crippen LogP contribution in [0.5, 0.6) is 0 Å². The van der Waals surface area contributed by atoms with Gasteiger partial charge in [0.2, 0.25) is 0 Å². The first-order valence-electron chi connectivity index (χ1n) is 9.13. The van der Waals surface area contributed by atoms with Crippen LogP contribution in [0.15, 0.2) is 53.5 Å². The quantitative estimate of drug-likeness (QED) is 0.212. The maximum atomic E-state index is 13.4. The molecule has 0 aliphatic heterocycles. The Hall–Kier alpha value is -1.71. The van der Waals surface area contributed by atoms with Gasteiger partial charge in [0.1, 0.15) is 5.82 Å². The molecule has 0 aliphatic carbocycles. The molecule has 3 N–H and O–H groups in total. The third-order valence-corrected chi connectivity index (χ3v) is 4.21. The molecule has 1 atom stereocenters. The highest BCUT2D eigenvalue weighted by Gasteiger charge is 2.05. The van der Waals surface area contributed by atoms with E-state index in [1.807, 2.05) is 25.1 Å². The number of hydrogen-bond donors (Lipinski definition) is 3. The fourth-order valence-electron chi connectivity index (χ4n) is 2.62. The van der Waals surface area contributed by atoms with Crippen molar-refractivity contribution in [2.75, 3.05) is 20.2 Å². The largest absolute Gasteiger partial charge is 0.392 e. The SMILES string of the molecule is CN=C(NCCCOC(C)c1ccccc1)NCc1ccc(F)c(CO)c1.I. The highest BCUT2D eigenvalue weighted by atomic mass is 127. The van der Waals surface area contributed by atoms with Gasteiger partial charge in [0.05, 0.1) is 12.7 Å². The molecule has 0 saturated carbocycles. The van der Waals surface area contributed by atoms with Gasteiger partial charge in [0, 0.05) is 32.3 Å². The van der Waals surface area contributed by atoms with Crippen LogP contribution in [0.1, 0.15) is 36.1 Å². The third-order valence-electron chi connectivity index (χ3n) is 4.21. The number of nitrogens with one attached hydrogen (secondary N) is 2.